The summed E-state index contributed by atoms with van der Waals surface area (Å²) in [7, 11) is 3.74. The molecule has 3 unspecified atom stereocenters. The van der Waals surface area contributed by atoms with Crippen LogP contribution < -0.4 is 20.2 Å². The second kappa shape index (κ2) is 19.9. The van der Waals surface area contributed by atoms with E-state index in [1.165, 1.54) is 46.3 Å². The number of aromatic nitrogens is 1. The lowest BCUT2D eigenvalue weighted by atomic mass is 9.78. The fourth-order valence-corrected chi connectivity index (χ4v) is 10.5. The van der Waals surface area contributed by atoms with Crippen LogP contribution in [-0.4, -0.2) is 112 Å². The number of likely N-dealkylation sites (N-methyl/N-ethyl adjacent to an activating group) is 1. The highest BCUT2D eigenvalue weighted by Crippen LogP contribution is 2.50. The van der Waals surface area contributed by atoms with Crippen molar-refractivity contribution in [1.82, 2.24) is 4.98 Å². The van der Waals surface area contributed by atoms with Gasteiger partial charge in [0.1, 0.15) is 52.9 Å². The van der Waals surface area contributed by atoms with Crippen LogP contribution in [-0.2, 0) is 23.8 Å². The second-order valence-corrected chi connectivity index (χ2v) is 19.8. The van der Waals surface area contributed by atoms with Crippen molar-refractivity contribution < 1.29 is 62.3 Å². The molecule has 0 radical (unpaired) electrons. The quantitative estimate of drug-likeness (QED) is 0.0604. The molecule has 0 saturated carbocycles. The smallest absolute Gasteiger partial charge is 0.312 e. The van der Waals surface area contributed by atoms with Gasteiger partial charge in [-0.3, -0.25) is 19.2 Å². The van der Waals surface area contributed by atoms with Gasteiger partial charge in [0, 0.05) is 80.1 Å². The Labute approximate surface area is 402 Å². The highest BCUT2D eigenvalue weighted by atomic mass is 16.7. The lowest BCUT2D eigenvalue weighted by Gasteiger charge is -2.41. The number of ether oxygens (including phenoxy) is 5. The number of ketones is 1. The number of anilines is 1. The lowest BCUT2D eigenvalue weighted by molar-refractivity contribution is -0.942. The number of hydrogen-bond acceptors (Lipinski definition) is 14. The SMILES string of the molecule is CCC(C)[N+]1(C)CCCC1COc1ccc2nc3c4c5c6c(C)c(O)c4c(=O)c(c-3oc2c1)NC(=O)/C(C)=C\C=C\[C@H](C)[C@H](O)[C@@H](C)[C@@H](O)[C@@H](C)[C@H](OC(C)=O)[C@H](C)[C@@H](OC)/C=C/O[C@@](C)(O6)C5=O. The van der Waals surface area contributed by atoms with E-state index < -0.39 is 82.7 Å². The standard InChI is InChI=1S/C53H67N3O13/c1-13-28(4)56(11)22-15-18-34(56)25-65-35-19-20-36-38(24-35)68-50-42(54-36)39-40-46(60)32(8)49-41(39)51(62)53(10,69-49)66-23-21-37(64-12)29(5)48(67-33(9)57)31(7)45(59)30(6)44(58)26(2)16-14-17-27(3)52(63)55-43(50)47(40)61/h14,16-17,19-21,23-24,26,28-31,34,37,44-45,48,58-59H,13,15,18,22,25H2,1-12H3,(H-,54,55,60,61,62,63)/p+1/b16-14+,23-21+,27-17-/t26-,28?,29+,30+,31+,34?,37-,44-,45+,48+,53-,56?/m0/s1. The minimum atomic E-state index is -2.04. The molecule has 16 heteroatoms. The van der Waals surface area contributed by atoms with Crippen LogP contribution in [0.3, 0.4) is 0 Å². The summed E-state index contributed by atoms with van der Waals surface area (Å²) in [6, 6.07) is 5.92. The van der Waals surface area contributed by atoms with Crippen molar-refractivity contribution in [2.45, 2.75) is 131 Å². The molecule has 6 aliphatic rings. The number of phenols is 1. The molecule has 5 aliphatic heterocycles. The van der Waals surface area contributed by atoms with E-state index in [4.69, 9.17) is 33.1 Å². The molecule has 2 aromatic rings. The number of benzene rings is 3. The predicted molar refractivity (Wildman–Crippen MR) is 260 cm³/mol. The zero-order valence-corrected chi connectivity index (χ0v) is 41.7. The van der Waals surface area contributed by atoms with E-state index in [1.54, 1.807) is 65.0 Å². The molecule has 0 aromatic heterocycles. The van der Waals surface area contributed by atoms with Crippen molar-refractivity contribution in [2.75, 3.05) is 32.6 Å². The normalized spacial score (nSPS) is 32.3. The number of likely N-dealkylation sites (tertiary alicyclic amines) is 1. The number of amides is 1. The fourth-order valence-electron chi connectivity index (χ4n) is 10.5. The molecule has 1 amide bonds. The van der Waals surface area contributed by atoms with Crippen molar-refractivity contribution in [2.24, 2.45) is 23.7 Å². The summed E-state index contributed by atoms with van der Waals surface area (Å²) in [5.41, 5.74) is -0.456. The summed E-state index contributed by atoms with van der Waals surface area (Å²) >= 11 is 0. The van der Waals surface area contributed by atoms with Gasteiger partial charge in [0.05, 0.1) is 55.2 Å². The molecule has 2 aromatic carbocycles. The molecule has 0 spiro atoms. The maximum absolute atomic E-state index is 14.9. The number of esters is 1. The first-order chi connectivity index (χ1) is 32.6. The Kier molecular flexibility index (Phi) is 14.7. The number of quaternary nitrogens is 1. The highest BCUT2D eigenvalue weighted by Gasteiger charge is 2.50. The van der Waals surface area contributed by atoms with Crippen LogP contribution in [0.1, 0.15) is 97.5 Å². The number of carbonyl (C=O) groups is 3. The Morgan fingerprint density at radius 1 is 1.04 bits per heavy atom. The number of aliphatic hydroxyl groups excluding tert-OH is 2. The van der Waals surface area contributed by atoms with Crippen molar-refractivity contribution in [3.63, 3.8) is 0 Å². The van der Waals surface area contributed by atoms with Gasteiger partial charge in [-0.05, 0) is 45.4 Å². The van der Waals surface area contributed by atoms with E-state index in [2.05, 4.69) is 26.2 Å². The number of allylic oxidation sites excluding steroid dienone is 2. The molecule has 12 atom stereocenters. The van der Waals surface area contributed by atoms with Crippen LogP contribution in [0.15, 0.2) is 63.6 Å². The summed E-state index contributed by atoms with van der Waals surface area (Å²) in [5, 5.41) is 37.3. The number of carbonyl (C=O) groups excluding carboxylic acids is 3. The van der Waals surface area contributed by atoms with Crippen LogP contribution in [0.2, 0.25) is 0 Å². The van der Waals surface area contributed by atoms with Gasteiger partial charge in [0.25, 0.3) is 11.7 Å². The molecule has 1 fully saturated rings. The van der Waals surface area contributed by atoms with Gasteiger partial charge in [-0.15, -0.1) is 0 Å². The molecule has 5 bridgehead atoms. The first-order valence-electron chi connectivity index (χ1n) is 24.0. The first kappa shape index (κ1) is 51.1. The van der Waals surface area contributed by atoms with Gasteiger partial charge in [0.15, 0.2) is 11.3 Å². The molecular formula is C53H68N3O13+. The lowest BCUT2D eigenvalue weighted by Crippen LogP contribution is -2.55. The van der Waals surface area contributed by atoms with Crippen LogP contribution in [0, 0.1) is 30.6 Å². The molecule has 16 nitrogen and oxygen atoms in total. The van der Waals surface area contributed by atoms with Gasteiger partial charge >= 0.3 is 11.8 Å². The van der Waals surface area contributed by atoms with Gasteiger partial charge in [-0.1, -0.05) is 52.8 Å². The third-order valence-corrected chi connectivity index (χ3v) is 15.4. The molecule has 5 heterocycles. The molecule has 8 rings (SSSR count). The van der Waals surface area contributed by atoms with Crippen molar-refractivity contribution >= 4 is 45.2 Å². The maximum Gasteiger partial charge on any atom is 0.312 e. The summed E-state index contributed by atoms with van der Waals surface area (Å²) in [5.74, 6) is -6.70. The Hall–Kier alpha value is -5.81. The van der Waals surface area contributed by atoms with Crippen LogP contribution in [0.25, 0.3) is 33.3 Å². The minimum absolute atomic E-state index is 0.00838. The van der Waals surface area contributed by atoms with E-state index in [1.807, 2.05) is 0 Å². The van der Waals surface area contributed by atoms with Gasteiger partial charge in [0.2, 0.25) is 5.43 Å². The van der Waals surface area contributed by atoms with E-state index in [-0.39, 0.29) is 62.0 Å². The van der Waals surface area contributed by atoms with Gasteiger partial charge in [-0.2, -0.15) is 0 Å². The number of aliphatic hydroxyl groups is 2. The zero-order chi connectivity index (χ0) is 50.4. The topological polar surface area (TPSA) is 213 Å². The molecule has 372 valence electrons. The number of rotatable bonds is 7. The zero-order valence-electron chi connectivity index (χ0n) is 41.7. The molecule has 4 N–H and O–H groups in total. The van der Waals surface area contributed by atoms with Gasteiger partial charge in [-0.25, -0.2) is 4.98 Å². The number of phenolic OH excluding ortho intramolecular Hbond substituents is 1. The molecule has 1 saturated heterocycles. The Morgan fingerprint density at radius 2 is 1.77 bits per heavy atom. The summed E-state index contributed by atoms with van der Waals surface area (Å²) in [4.78, 5) is 61.2. The number of fused-ring (bicyclic) bond motifs is 14. The van der Waals surface area contributed by atoms with E-state index in [9.17, 15) is 34.5 Å². The summed E-state index contributed by atoms with van der Waals surface area (Å²) < 4.78 is 37.9. The Bertz CT molecular complexity index is 2760. The van der Waals surface area contributed by atoms with Crippen LogP contribution in [0.4, 0.5) is 5.69 Å². The maximum atomic E-state index is 14.9. The molecule has 1 aliphatic carbocycles. The summed E-state index contributed by atoms with van der Waals surface area (Å²) in [6.45, 7) is 18.7. The van der Waals surface area contributed by atoms with Crippen LogP contribution >= 0.6 is 0 Å². The van der Waals surface area contributed by atoms with E-state index >= 15 is 0 Å². The second-order valence-electron chi connectivity index (χ2n) is 19.8. The number of nitrogens with one attached hydrogen (secondary N) is 1. The number of nitrogens with zero attached hydrogens (tertiary/aromatic N) is 2. The van der Waals surface area contributed by atoms with E-state index in [0.29, 0.717) is 23.9 Å². The third kappa shape index (κ3) is 9.35. The first-order valence-corrected chi connectivity index (χ1v) is 24.0. The van der Waals surface area contributed by atoms with Crippen LogP contribution in [0.5, 0.6) is 17.2 Å². The number of methoxy groups -OCH3 is 1. The molecule has 69 heavy (non-hydrogen) atoms. The van der Waals surface area contributed by atoms with Crippen molar-refractivity contribution in [1.29, 1.82) is 0 Å². The Morgan fingerprint density at radius 3 is 2.45 bits per heavy atom. The highest BCUT2D eigenvalue weighted by molar-refractivity contribution is 6.22. The third-order valence-electron chi connectivity index (χ3n) is 15.4. The van der Waals surface area contributed by atoms with Crippen molar-refractivity contribution in [3.8, 4) is 28.7 Å². The summed E-state index contributed by atoms with van der Waals surface area (Å²) in [6.07, 6.45) is 6.83. The number of aromatic hydroxyl groups is 1. The monoisotopic (exact) mass is 954 g/mol. The predicted octanol–water partition coefficient (Wildman–Crippen LogP) is 7.74. The van der Waals surface area contributed by atoms with Gasteiger partial charge < -0.3 is 53.2 Å². The molecular weight excluding hydrogens is 887 g/mol. The minimum Gasteiger partial charge on any atom is -0.507 e. The average molecular weight is 955 g/mol. The van der Waals surface area contributed by atoms with Crippen molar-refractivity contribution in [3.05, 3.63) is 75.7 Å². The number of hydrogen-bond donors (Lipinski definition) is 4. The average Bonchev–Trinajstić information content (AvgIpc) is 3.84. The Balaban J connectivity index is 1.39. The largest absolute Gasteiger partial charge is 0.507 e. The van der Waals surface area contributed by atoms with E-state index in [0.717, 1.165) is 30.3 Å². The fraction of sp³-hybridized carbons (Fsp3) is 0.528. The number of Topliss-reactive ketones (excluding diaryl/α,β-unsaturated/α-hetero) is 1.